The molecule has 18 atom stereocenters. The van der Waals surface area contributed by atoms with E-state index in [1.165, 1.54) is 21.1 Å². The molecule has 16 nitrogen and oxygen atoms in total. The summed E-state index contributed by atoms with van der Waals surface area (Å²) in [6, 6.07) is 16.9. The molecule has 3 fully saturated rings. The van der Waals surface area contributed by atoms with Gasteiger partial charge in [0.05, 0.1) is 59.2 Å². The van der Waals surface area contributed by atoms with E-state index in [0.29, 0.717) is 17.5 Å². The SMILES string of the molecule is CCC1OC(=O)[C@H](C)C(O[C@H]2C[C@@](C)(OC)[C@@H](OC(=O)c3ccccc3)[C@H](C)O2)[C@H](C)[C@@H](O[C@H]2O[C@H](C)C[C@H](N(C)C)[C@H]2OC(=O)c2ccccc2)[C@](C)(OC)C[C@@H](C)C(=O)[C@H](C)[C@@H](O)[C@]1(C)O. The lowest BCUT2D eigenvalue weighted by atomic mass is 9.74. The van der Waals surface area contributed by atoms with Gasteiger partial charge < -0.3 is 57.7 Å². The fourth-order valence-electron chi connectivity index (χ4n) is 10.4. The van der Waals surface area contributed by atoms with Crippen molar-refractivity contribution in [3.8, 4) is 0 Å². The van der Waals surface area contributed by atoms with E-state index in [-0.39, 0.29) is 37.2 Å². The second-order valence-corrected chi connectivity index (χ2v) is 20.1. The van der Waals surface area contributed by atoms with Gasteiger partial charge >= 0.3 is 17.9 Å². The number of likely N-dealkylation sites (N-methyl/N-ethyl adjacent to an activating group) is 1. The maximum Gasteiger partial charge on any atom is 0.338 e. The molecular formula is C52H77NO15. The largest absolute Gasteiger partial charge is 0.459 e. The molecule has 2 aromatic carbocycles. The van der Waals surface area contributed by atoms with Gasteiger partial charge in [-0.15, -0.1) is 0 Å². The summed E-state index contributed by atoms with van der Waals surface area (Å²) in [5.41, 5.74) is -3.84. The number of rotatable bonds is 12. The number of benzene rings is 2. The molecule has 2 unspecified atom stereocenters. The number of ketones is 1. The van der Waals surface area contributed by atoms with E-state index in [4.69, 9.17) is 42.6 Å². The van der Waals surface area contributed by atoms with Crippen LogP contribution in [0.4, 0.5) is 0 Å². The van der Waals surface area contributed by atoms with E-state index in [1.54, 1.807) is 109 Å². The Hall–Kier alpha value is -3.84. The fourth-order valence-corrected chi connectivity index (χ4v) is 10.4. The van der Waals surface area contributed by atoms with Gasteiger partial charge in [-0.05, 0) is 99.2 Å². The summed E-state index contributed by atoms with van der Waals surface area (Å²) < 4.78 is 58.3. The van der Waals surface area contributed by atoms with Gasteiger partial charge in [0.1, 0.15) is 23.1 Å². The number of Topliss-reactive ketones (excluding diaryl/α,β-unsaturated/α-hetero) is 1. The smallest absolute Gasteiger partial charge is 0.338 e. The molecule has 380 valence electrons. The molecule has 2 aromatic rings. The summed E-state index contributed by atoms with van der Waals surface area (Å²) in [5.74, 6) is -6.04. The van der Waals surface area contributed by atoms with E-state index >= 15 is 0 Å². The molecule has 0 spiro atoms. The zero-order valence-electron chi connectivity index (χ0n) is 42.4. The third-order valence-electron chi connectivity index (χ3n) is 14.7. The number of carbonyl (C=O) groups excluding carboxylic acids is 4. The van der Waals surface area contributed by atoms with Crippen molar-refractivity contribution in [2.45, 2.75) is 179 Å². The third kappa shape index (κ3) is 12.2. The fraction of sp³-hybridized carbons (Fsp3) is 0.692. The molecule has 2 N–H and O–H groups in total. The Morgan fingerprint density at radius 2 is 1.29 bits per heavy atom. The summed E-state index contributed by atoms with van der Waals surface area (Å²) >= 11 is 0. The maximum atomic E-state index is 14.7. The lowest BCUT2D eigenvalue weighted by Gasteiger charge is -2.50. The Labute approximate surface area is 402 Å². The number of hydrogen-bond acceptors (Lipinski definition) is 16. The molecule has 3 aliphatic heterocycles. The Balaban J connectivity index is 1.62. The number of esters is 3. The molecule has 0 amide bonds. The van der Waals surface area contributed by atoms with E-state index in [1.807, 2.05) is 32.8 Å². The van der Waals surface area contributed by atoms with E-state index < -0.39 is 114 Å². The van der Waals surface area contributed by atoms with Crippen molar-refractivity contribution in [2.24, 2.45) is 23.7 Å². The standard InChI is InChI=1S/C52H77NO15/c1-15-38-52(10,59)43(55)31(4)40(54)29(2)27-50(8,60-13)44(68-49-42(37(53(11)12)26-30(3)62-49)66-47(57)35-22-18-16-19-23-35)32(5)41(33(6)46(56)64-38)65-39-28-51(9,61-14)45(34(7)63-39)67-48(58)36-24-20-17-21-25-36/h16-25,29-34,37-39,41-45,49,55,59H,15,26-28H2,1-14H3/t29-,30-,31+,32+,33-,34+,37+,38?,39+,41?,42-,43-,44-,45+,49-,50-,51-,52-/m1/s1. The summed E-state index contributed by atoms with van der Waals surface area (Å²) in [7, 11) is 6.79. The van der Waals surface area contributed by atoms with Crippen molar-refractivity contribution in [3.63, 3.8) is 0 Å². The van der Waals surface area contributed by atoms with Crippen molar-refractivity contribution in [2.75, 3.05) is 28.3 Å². The molecule has 5 rings (SSSR count). The highest BCUT2D eigenvalue weighted by Gasteiger charge is 2.55. The van der Waals surface area contributed by atoms with Gasteiger partial charge in [0.2, 0.25) is 0 Å². The Kier molecular flexibility index (Phi) is 18.6. The predicted molar refractivity (Wildman–Crippen MR) is 250 cm³/mol. The number of aliphatic hydroxyl groups is 2. The zero-order chi connectivity index (χ0) is 50.5. The molecule has 3 saturated heterocycles. The molecule has 0 aromatic heterocycles. The monoisotopic (exact) mass is 956 g/mol. The van der Waals surface area contributed by atoms with Crippen molar-refractivity contribution in [1.82, 2.24) is 4.90 Å². The number of aliphatic hydroxyl groups excluding tert-OH is 1. The summed E-state index contributed by atoms with van der Waals surface area (Å²) in [4.78, 5) is 58.2. The second-order valence-electron chi connectivity index (χ2n) is 20.1. The second kappa shape index (κ2) is 22.9. The zero-order valence-corrected chi connectivity index (χ0v) is 42.4. The molecule has 3 heterocycles. The van der Waals surface area contributed by atoms with Crippen LogP contribution in [0.5, 0.6) is 0 Å². The molecule has 68 heavy (non-hydrogen) atoms. The van der Waals surface area contributed by atoms with Crippen LogP contribution in [0.25, 0.3) is 0 Å². The van der Waals surface area contributed by atoms with E-state index in [9.17, 15) is 29.4 Å². The quantitative estimate of drug-likeness (QED) is 0.181. The average molecular weight is 956 g/mol. The molecule has 0 saturated carbocycles. The van der Waals surface area contributed by atoms with Gasteiger partial charge in [-0.3, -0.25) is 9.59 Å². The lowest BCUT2D eigenvalue weighted by Crippen LogP contribution is -2.62. The minimum Gasteiger partial charge on any atom is -0.459 e. The highest BCUT2D eigenvalue weighted by atomic mass is 16.7. The van der Waals surface area contributed by atoms with Gasteiger partial charge in [-0.1, -0.05) is 64.1 Å². The molecule has 16 heteroatoms. The summed E-state index contributed by atoms with van der Waals surface area (Å²) in [6.45, 7) is 17.1. The van der Waals surface area contributed by atoms with Crippen molar-refractivity contribution in [3.05, 3.63) is 71.8 Å². The van der Waals surface area contributed by atoms with Gasteiger partial charge in [-0.2, -0.15) is 0 Å². The molecule has 0 radical (unpaired) electrons. The average Bonchev–Trinajstić information content (AvgIpc) is 3.31. The summed E-state index contributed by atoms with van der Waals surface area (Å²) in [5, 5.41) is 23.6. The van der Waals surface area contributed by atoms with Crippen molar-refractivity contribution in [1.29, 1.82) is 0 Å². The van der Waals surface area contributed by atoms with E-state index in [2.05, 4.69) is 0 Å². The van der Waals surface area contributed by atoms with Crippen LogP contribution >= 0.6 is 0 Å². The van der Waals surface area contributed by atoms with Gasteiger partial charge in [0.15, 0.2) is 24.8 Å². The lowest BCUT2D eigenvalue weighted by molar-refractivity contribution is -0.318. The normalized spacial score (nSPS) is 39.9. The number of ether oxygens (including phenoxy) is 9. The van der Waals surface area contributed by atoms with Gasteiger partial charge in [-0.25, -0.2) is 9.59 Å². The van der Waals surface area contributed by atoms with Crippen molar-refractivity contribution >= 4 is 23.7 Å². The Morgan fingerprint density at radius 3 is 1.82 bits per heavy atom. The van der Waals surface area contributed by atoms with Crippen LogP contribution < -0.4 is 0 Å². The topological polar surface area (TPSA) is 195 Å². The van der Waals surface area contributed by atoms with Crippen LogP contribution in [0.1, 0.15) is 116 Å². The first-order chi connectivity index (χ1) is 31.9. The first-order valence-corrected chi connectivity index (χ1v) is 24.0. The number of methoxy groups -OCH3 is 2. The molecular weight excluding hydrogens is 879 g/mol. The maximum absolute atomic E-state index is 14.7. The van der Waals surface area contributed by atoms with Gasteiger partial charge in [0, 0.05) is 38.4 Å². The highest BCUT2D eigenvalue weighted by molar-refractivity contribution is 5.90. The third-order valence-corrected chi connectivity index (χ3v) is 14.7. The number of nitrogens with zero attached hydrogens (tertiary/aromatic N) is 1. The van der Waals surface area contributed by atoms with Crippen LogP contribution in [0.3, 0.4) is 0 Å². The number of carbonyl (C=O) groups is 4. The Bertz CT molecular complexity index is 1980. The van der Waals surface area contributed by atoms with Gasteiger partial charge in [0.25, 0.3) is 0 Å². The van der Waals surface area contributed by atoms with E-state index in [0.717, 1.165) is 0 Å². The minimum absolute atomic E-state index is 0.0420. The Morgan fingerprint density at radius 1 is 0.750 bits per heavy atom. The van der Waals surface area contributed by atoms with Crippen LogP contribution in [-0.2, 0) is 52.2 Å². The number of cyclic esters (lactones) is 1. The number of hydrogen-bond donors (Lipinski definition) is 2. The van der Waals surface area contributed by atoms with Crippen LogP contribution in [0.15, 0.2) is 60.7 Å². The molecule has 0 aliphatic carbocycles. The van der Waals surface area contributed by atoms with Crippen LogP contribution in [0, 0.1) is 23.7 Å². The molecule has 0 bridgehead atoms. The van der Waals surface area contributed by atoms with Crippen LogP contribution in [-0.4, -0.2) is 151 Å². The van der Waals surface area contributed by atoms with Crippen molar-refractivity contribution < 1.29 is 72.0 Å². The highest BCUT2D eigenvalue weighted by Crippen LogP contribution is 2.43. The molecule has 3 aliphatic rings. The minimum atomic E-state index is -2.03. The first-order valence-electron chi connectivity index (χ1n) is 24.0. The first kappa shape index (κ1) is 55.1. The predicted octanol–water partition coefficient (Wildman–Crippen LogP) is 6.17. The van der Waals surface area contributed by atoms with Crippen LogP contribution in [0.2, 0.25) is 0 Å². The summed E-state index contributed by atoms with van der Waals surface area (Å²) in [6.07, 6.45) is -9.59.